The molecule has 0 saturated carbocycles. The minimum absolute atomic E-state index is 0.454. The van der Waals surface area contributed by atoms with E-state index in [0.29, 0.717) is 0 Å². The zero-order valence-electron chi connectivity index (χ0n) is 8.33. The van der Waals surface area contributed by atoms with E-state index in [0.717, 1.165) is 11.3 Å². The lowest BCUT2D eigenvalue weighted by molar-refractivity contribution is -0.139. The number of carboxylic acids is 1. The van der Waals surface area contributed by atoms with E-state index in [1.165, 1.54) is 11.8 Å². The molecule has 0 radical (unpaired) electrons. The van der Waals surface area contributed by atoms with Gasteiger partial charge in [0.1, 0.15) is 6.04 Å². The second kappa shape index (κ2) is 4.67. The third-order valence-corrected chi connectivity index (χ3v) is 3.34. The van der Waals surface area contributed by atoms with Crippen LogP contribution in [0.1, 0.15) is 20.8 Å². The second-order valence-electron chi connectivity index (χ2n) is 3.67. The normalized spacial score (nSPS) is 13.8. The van der Waals surface area contributed by atoms with Crippen molar-refractivity contribution in [3.63, 3.8) is 0 Å². The molecule has 0 saturated heterocycles. The molecule has 0 fully saturated rings. The Hall–Kier alpha value is -0.480. The summed E-state index contributed by atoms with van der Waals surface area (Å²) in [6.07, 6.45) is 0. The monoisotopic (exact) mass is 203 g/mol. The summed E-state index contributed by atoms with van der Waals surface area (Å²) < 4.78 is -0.454. The highest BCUT2D eigenvalue weighted by Crippen LogP contribution is 2.28. The first-order valence-electron chi connectivity index (χ1n) is 4.04. The number of hydrogen-bond donors (Lipinski definition) is 2. The molecule has 0 aromatic carbocycles. The van der Waals surface area contributed by atoms with Crippen molar-refractivity contribution in [2.75, 3.05) is 5.75 Å². The third-order valence-electron chi connectivity index (χ3n) is 1.71. The minimum Gasteiger partial charge on any atom is -0.480 e. The molecule has 0 aromatic heterocycles. The molecular weight excluding hydrogens is 186 g/mol. The Labute approximate surface area is 83.4 Å². The molecule has 0 aliphatic rings. The van der Waals surface area contributed by atoms with Crippen LogP contribution in [-0.4, -0.2) is 27.6 Å². The molecule has 76 valence electrons. The lowest BCUT2D eigenvalue weighted by Gasteiger charge is -2.27. The standard InChI is InChI=1S/C9H17NO2S/c1-6(2)5-13-9(3,4)7(10)8(11)12/h7H,1,5,10H2,2-4H3,(H,11,12)/t7-/m0/s1. The Bertz CT molecular complexity index is 214. The predicted octanol–water partition coefficient (Wildman–Crippen LogP) is 1.49. The number of thioether (sulfide) groups is 1. The predicted molar refractivity (Wildman–Crippen MR) is 57.0 cm³/mol. The van der Waals surface area contributed by atoms with Crippen LogP contribution < -0.4 is 5.73 Å². The zero-order chi connectivity index (χ0) is 10.6. The van der Waals surface area contributed by atoms with Gasteiger partial charge >= 0.3 is 5.97 Å². The first kappa shape index (κ1) is 12.5. The maximum Gasteiger partial charge on any atom is 0.321 e. The van der Waals surface area contributed by atoms with E-state index in [9.17, 15) is 4.79 Å². The van der Waals surface area contributed by atoms with Crippen LogP contribution in [0.2, 0.25) is 0 Å². The molecule has 13 heavy (non-hydrogen) atoms. The maximum atomic E-state index is 10.6. The highest BCUT2D eigenvalue weighted by molar-refractivity contribution is 8.00. The number of aliphatic carboxylic acids is 1. The fourth-order valence-electron chi connectivity index (χ4n) is 0.696. The summed E-state index contributed by atoms with van der Waals surface area (Å²) in [6, 6.07) is -0.836. The van der Waals surface area contributed by atoms with Crippen molar-refractivity contribution >= 4 is 17.7 Å². The van der Waals surface area contributed by atoms with Gasteiger partial charge in [-0.25, -0.2) is 0 Å². The molecule has 0 unspecified atom stereocenters. The van der Waals surface area contributed by atoms with Crippen molar-refractivity contribution < 1.29 is 9.90 Å². The fraction of sp³-hybridized carbons (Fsp3) is 0.667. The molecule has 0 heterocycles. The van der Waals surface area contributed by atoms with Crippen LogP contribution in [0.15, 0.2) is 12.2 Å². The quantitative estimate of drug-likeness (QED) is 0.664. The van der Waals surface area contributed by atoms with Gasteiger partial charge in [0.15, 0.2) is 0 Å². The number of nitrogens with two attached hydrogens (primary N) is 1. The number of hydrogen-bond acceptors (Lipinski definition) is 3. The van der Waals surface area contributed by atoms with Crippen LogP contribution in [-0.2, 0) is 4.79 Å². The highest BCUT2D eigenvalue weighted by atomic mass is 32.2. The zero-order valence-corrected chi connectivity index (χ0v) is 9.15. The van der Waals surface area contributed by atoms with Gasteiger partial charge < -0.3 is 10.8 Å². The first-order valence-corrected chi connectivity index (χ1v) is 5.02. The molecule has 3 nitrogen and oxygen atoms in total. The fourth-order valence-corrected chi connectivity index (χ4v) is 1.60. The van der Waals surface area contributed by atoms with E-state index in [-0.39, 0.29) is 0 Å². The van der Waals surface area contributed by atoms with E-state index >= 15 is 0 Å². The van der Waals surface area contributed by atoms with Gasteiger partial charge in [-0.15, -0.1) is 11.8 Å². The number of carboxylic acid groups (broad SMARTS) is 1. The van der Waals surface area contributed by atoms with Gasteiger partial charge in [0.05, 0.1) is 0 Å². The number of rotatable bonds is 5. The second-order valence-corrected chi connectivity index (χ2v) is 5.29. The van der Waals surface area contributed by atoms with Gasteiger partial charge in [-0.2, -0.15) is 0 Å². The third kappa shape index (κ3) is 4.33. The van der Waals surface area contributed by atoms with Gasteiger partial charge in [0.25, 0.3) is 0 Å². The van der Waals surface area contributed by atoms with Crippen molar-refractivity contribution in [1.29, 1.82) is 0 Å². The molecule has 0 aliphatic carbocycles. The van der Waals surface area contributed by atoms with Gasteiger partial charge in [0, 0.05) is 10.5 Å². The summed E-state index contributed by atoms with van der Waals surface area (Å²) in [5.41, 5.74) is 6.55. The van der Waals surface area contributed by atoms with Crippen molar-refractivity contribution in [3.05, 3.63) is 12.2 Å². The van der Waals surface area contributed by atoms with E-state index in [4.69, 9.17) is 10.8 Å². The summed E-state index contributed by atoms with van der Waals surface area (Å²) >= 11 is 1.52. The number of carbonyl (C=O) groups is 1. The summed E-state index contributed by atoms with van der Waals surface area (Å²) in [5, 5.41) is 8.72. The summed E-state index contributed by atoms with van der Waals surface area (Å²) in [4.78, 5) is 10.6. The van der Waals surface area contributed by atoms with Gasteiger partial charge in [0.2, 0.25) is 0 Å². The Morgan fingerprint density at radius 3 is 2.46 bits per heavy atom. The van der Waals surface area contributed by atoms with Crippen molar-refractivity contribution in [3.8, 4) is 0 Å². The smallest absolute Gasteiger partial charge is 0.321 e. The van der Waals surface area contributed by atoms with Crippen LogP contribution in [0.4, 0.5) is 0 Å². The van der Waals surface area contributed by atoms with Gasteiger partial charge in [-0.3, -0.25) is 4.79 Å². The molecule has 4 heteroatoms. The maximum absolute atomic E-state index is 10.6. The molecule has 3 N–H and O–H groups in total. The largest absolute Gasteiger partial charge is 0.480 e. The van der Waals surface area contributed by atoms with Crippen molar-refractivity contribution in [2.24, 2.45) is 5.73 Å². The Morgan fingerprint density at radius 2 is 2.15 bits per heavy atom. The summed E-state index contributed by atoms with van der Waals surface area (Å²) in [5.74, 6) is -0.215. The molecule has 0 amide bonds. The first-order chi connectivity index (χ1) is 5.77. The summed E-state index contributed by atoms with van der Waals surface area (Å²) in [6.45, 7) is 9.33. The lowest BCUT2D eigenvalue weighted by Crippen LogP contribution is -2.46. The minimum atomic E-state index is -0.959. The van der Waals surface area contributed by atoms with Crippen LogP contribution in [0.25, 0.3) is 0 Å². The van der Waals surface area contributed by atoms with E-state index in [1.807, 2.05) is 20.8 Å². The molecule has 0 rings (SSSR count). The molecule has 0 aliphatic heterocycles. The van der Waals surface area contributed by atoms with E-state index in [1.54, 1.807) is 0 Å². The van der Waals surface area contributed by atoms with Crippen LogP contribution in [0.3, 0.4) is 0 Å². The van der Waals surface area contributed by atoms with Gasteiger partial charge in [-0.1, -0.05) is 12.2 Å². The SMILES string of the molecule is C=C(C)CSC(C)(C)[C@@H](N)C(=O)O. The molecular formula is C9H17NO2S. The molecule has 1 atom stereocenters. The van der Waals surface area contributed by atoms with Crippen molar-refractivity contribution in [1.82, 2.24) is 0 Å². The summed E-state index contributed by atoms with van der Waals surface area (Å²) in [7, 11) is 0. The highest BCUT2D eigenvalue weighted by Gasteiger charge is 2.32. The lowest BCUT2D eigenvalue weighted by atomic mass is 10.1. The van der Waals surface area contributed by atoms with Crippen molar-refractivity contribution in [2.45, 2.75) is 31.6 Å². The molecule has 0 bridgehead atoms. The average Bonchev–Trinajstić information content (AvgIpc) is 1.99. The van der Waals surface area contributed by atoms with Crippen LogP contribution >= 0.6 is 11.8 Å². The Balaban J connectivity index is 4.21. The van der Waals surface area contributed by atoms with Crippen LogP contribution in [0.5, 0.6) is 0 Å². The van der Waals surface area contributed by atoms with E-state index < -0.39 is 16.8 Å². The molecule has 0 aromatic rings. The van der Waals surface area contributed by atoms with E-state index in [2.05, 4.69) is 6.58 Å². The van der Waals surface area contributed by atoms with Crippen LogP contribution in [0, 0.1) is 0 Å². The van der Waals surface area contributed by atoms with Gasteiger partial charge in [-0.05, 0) is 20.8 Å². The Morgan fingerprint density at radius 1 is 1.69 bits per heavy atom. The average molecular weight is 203 g/mol. The molecule has 0 spiro atoms. The topological polar surface area (TPSA) is 63.3 Å². The Kier molecular flexibility index (Phi) is 4.50.